The molecule has 0 bridgehead atoms. The maximum Gasteiger partial charge on any atom is 0.150 e. The van der Waals surface area contributed by atoms with Crippen molar-refractivity contribution in [2.75, 3.05) is 5.32 Å². The predicted molar refractivity (Wildman–Crippen MR) is 73.7 cm³/mol. The summed E-state index contributed by atoms with van der Waals surface area (Å²) < 4.78 is 0. The zero-order valence-electron chi connectivity index (χ0n) is 10.9. The molecule has 1 aromatic carbocycles. The fourth-order valence-electron chi connectivity index (χ4n) is 1.91. The molecule has 2 nitrogen and oxygen atoms in total. The topological polar surface area (TPSA) is 29.1 Å². The van der Waals surface area contributed by atoms with Gasteiger partial charge in [-0.05, 0) is 37.1 Å². The second-order valence-corrected chi connectivity index (χ2v) is 4.49. The van der Waals surface area contributed by atoms with Gasteiger partial charge < -0.3 is 5.32 Å². The molecule has 0 fully saturated rings. The molecule has 0 heterocycles. The Morgan fingerprint density at radius 3 is 2.41 bits per heavy atom. The summed E-state index contributed by atoms with van der Waals surface area (Å²) >= 11 is 0. The Hall–Kier alpha value is -1.31. The number of rotatable bonds is 8. The lowest BCUT2D eigenvalue weighted by Crippen LogP contribution is -2.18. The van der Waals surface area contributed by atoms with Crippen LogP contribution < -0.4 is 5.32 Å². The van der Waals surface area contributed by atoms with Gasteiger partial charge in [0.15, 0.2) is 0 Å². The van der Waals surface area contributed by atoms with E-state index in [-0.39, 0.29) is 0 Å². The molecule has 94 valence electrons. The van der Waals surface area contributed by atoms with E-state index in [0.29, 0.717) is 6.04 Å². The van der Waals surface area contributed by atoms with E-state index in [0.717, 1.165) is 24.0 Å². The quantitative estimate of drug-likeness (QED) is 0.536. The first-order valence-corrected chi connectivity index (χ1v) is 6.62. The van der Waals surface area contributed by atoms with E-state index in [9.17, 15) is 4.79 Å². The number of unbranched alkanes of at least 4 members (excludes halogenated alkanes) is 2. The van der Waals surface area contributed by atoms with Gasteiger partial charge in [-0.3, -0.25) is 4.79 Å². The molecule has 0 radical (unpaired) electrons. The van der Waals surface area contributed by atoms with E-state index < -0.39 is 0 Å². The molecule has 17 heavy (non-hydrogen) atoms. The molecule has 0 saturated heterocycles. The average molecular weight is 233 g/mol. The largest absolute Gasteiger partial charge is 0.382 e. The first-order chi connectivity index (χ1) is 8.30. The van der Waals surface area contributed by atoms with E-state index >= 15 is 0 Å². The van der Waals surface area contributed by atoms with Crippen molar-refractivity contribution in [3.8, 4) is 0 Å². The smallest absolute Gasteiger partial charge is 0.150 e. The maximum atomic E-state index is 10.6. The van der Waals surface area contributed by atoms with Crippen molar-refractivity contribution in [2.24, 2.45) is 0 Å². The summed E-state index contributed by atoms with van der Waals surface area (Å²) in [4.78, 5) is 10.6. The number of aldehydes is 1. The van der Waals surface area contributed by atoms with Crippen LogP contribution in [0.3, 0.4) is 0 Å². The molecule has 2 heteroatoms. The molecule has 1 atom stereocenters. The highest BCUT2D eigenvalue weighted by Crippen LogP contribution is 2.14. The molecular formula is C15H23NO. The van der Waals surface area contributed by atoms with Gasteiger partial charge in [0, 0.05) is 17.3 Å². The van der Waals surface area contributed by atoms with E-state index in [2.05, 4.69) is 19.2 Å². The third-order valence-electron chi connectivity index (χ3n) is 3.07. The van der Waals surface area contributed by atoms with Gasteiger partial charge in [0.1, 0.15) is 6.29 Å². The number of carbonyl (C=O) groups excluding carboxylic acids is 1. The minimum atomic E-state index is 0.545. The highest BCUT2D eigenvalue weighted by atomic mass is 16.1. The molecule has 0 aliphatic carbocycles. The molecule has 1 N–H and O–H groups in total. The molecule has 0 aliphatic heterocycles. The van der Waals surface area contributed by atoms with Crippen LogP contribution in [0.5, 0.6) is 0 Å². The monoisotopic (exact) mass is 233 g/mol. The minimum absolute atomic E-state index is 0.545. The van der Waals surface area contributed by atoms with Gasteiger partial charge in [-0.1, -0.05) is 33.1 Å². The Morgan fingerprint density at radius 2 is 1.88 bits per heavy atom. The number of hydrogen-bond donors (Lipinski definition) is 1. The molecule has 0 amide bonds. The van der Waals surface area contributed by atoms with Gasteiger partial charge in [0.05, 0.1) is 0 Å². The number of nitrogens with one attached hydrogen (secondary N) is 1. The van der Waals surface area contributed by atoms with Gasteiger partial charge in [0.2, 0.25) is 0 Å². The summed E-state index contributed by atoms with van der Waals surface area (Å²) in [5.41, 5.74) is 1.84. The SMILES string of the molecule is CCCCCC(CC)Nc1ccc(C=O)cc1. The standard InChI is InChI=1S/C15H23NO/c1-3-5-6-7-14(4-2)16-15-10-8-13(12-17)9-11-15/h8-12,14,16H,3-7H2,1-2H3. The van der Waals surface area contributed by atoms with Crippen LogP contribution >= 0.6 is 0 Å². The van der Waals surface area contributed by atoms with Crippen molar-refractivity contribution in [3.05, 3.63) is 29.8 Å². The summed E-state index contributed by atoms with van der Waals surface area (Å²) in [5.74, 6) is 0. The molecule has 1 unspecified atom stereocenters. The van der Waals surface area contributed by atoms with Crippen molar-refractivity contribution in [3.63, 3.8) is 0 Å². The fourth-order valence-corrected chi connectivity index (χ4v) is 1.91. The van der Waals surface area contributed by atoms with Crippen molar-refractivity contribution in [1.29, 1.82) is 0 Å². The highest BCUT2D eigenvalue weighted by molar-refractivity contribution is 5.75. The lowest BCUT2D eigenvalue weighted by molar-refractivity contribution is 0.112. The van der Waals surface area contributed by atoms with E-state index in [1.165, 1.54) is 25.7 Å². The number of hydrogen-bond acceptors (Lipinski definition) is 2. The number of carbonyl (C=O) groups is 1. The van der Waals surface area contributed by atoms with Gasteiger partial charge in [-0.25, -0.2) is 0 Å². The van der Waals surface area contributed by atoms with Gasteiger partial charge in [0.25, 0.3) is 0 Å². The molecule has 0 saturated carbocycles. The van der Waals surface area contributed by atoms with Crippen molar-refractivity contribution >= 4 is 12.0 Å². The third kappa shape index (κ3) is 5.03. The Kier molecular flexibility index (Phi) is 6.38. The molecule has 1 aromatic rings. The van der Waals surface area contributed by atoms with Crippen LogP contribution in [0.2, 0.25) is 0 Å². The predicted octanol–water partition coefficient (Wildman–Crippen LogP) is 4.27. The Labute approximate surface area is 104 Å². The Morgan fingerprint density at radius 1 is 1.18 bits per heavy atom. The average Bonchev–Trinajstić information content (AvgIpc) is 2.38. The molecule has 1 rings (SSSR count). The van der Waals surface area contributed by atoms with Gasteiger partial charge >= 0.3 is 0 Å². The van der Waals surface area contributed by atoms with Crippen LogP contribution in [0.15, 0.2) is 24.3 Å². The zero-order valence-corrected chi connectivity index (χ0v) is 10.9. The van der Waals surface area contributed by atoms with Crippen LogP contribution in [-0.2, 0) is 0 Å². The second kappa shape index (κ2) is 7.88. The maximum absolute atomic E-state index is 10.6. The van der Waals surface area contributed by atoms with Crippen molar-refractivity contribution in [1.82, 2.24) is 0 Å². The molecule has 0 spiro atoms. The highest BCUT2D eigenvalue weighted by Gasteiger charge is 2.05. The number of benzene rings is 1. The Balaban J connectivity index is 2.45. The minimum Gasteiger partial charge on any atom is -0.382 e. The summed E-state index contributed by atoms with van der Waals surface area (Å²) in [5, 5.41) is 3.52. The molecule has 0 aromatic heterocycles. The van der Waals surface area contributed by atoms with Crippen LogP contribution in [0.1, 0.15) is 56.3 Å². The molecule has 0 aliphatic rings. The van der Waals surface area contributed by atoms with Crippen LogP contribution in [0.25, 0.3) is 0 Å². The first kappa shape index (κ1) is 13.8. The second-order valence-electron chi connectivity index (χ2n) is 4.49. The van der Waals surface area contributed by atoms with Crippen molar-refractivity contribution < 1.29 is 4.79 Å². The lowest BCUT2D eigenvalue weighted by Gasteiger charge is -2.18. The van der Waals surface area contributed by atoms with E-state index in [1.54, 1.807) is 0 Å². The third-order valence-corrected chi connectivity index (χ3v) is 3.07. The van der Waals surface area contributed by atoms with E-state index in [1.807, 2.05) is 24.3 Å². The van der Waals surface area contributed by atoms with Crippen molar-refractivity contribution in [2.45, 2.75) is 52.0 Å². The van der Waals surface area contributed by atoms with Crippen LogP contribution in [0.4, 0.5) is 5.69 Å². The summed E-state index contributed by atoms with van der Waals surface area (Å²) in [6.45, 7) is 4.44. The summed E-state index contributed by atoms with van der Waals surface area (Å²) in [7, 11) is 0. The summed E-state index contributed by atoms with van der Waals surface area (Å²) in [6, 6.07) is 8.21. The van der Waals surface area contributed by atoms with Gasteiger partial charge in [-0.2, -0.15) is 0 Å². The van der Waals surface area contributed by atoms with Crippen LogP contribution in [-0.4, -0.2) is 12.3 Å². The van der Waals surface area contributed by atoms with Crippen LogP contribution in [0, 0.1) is 0 Å². The Bertz CT molecular complexity index is 318. The lowest BCUT2D eigenvalue weighted by atomic mass is 10.1. The molecular weight excluding hydrogens is 210 g/mol. The first-order valence-electron chi connectivity index (χ1n) is 6.62. The van der Waals surface area contributed by atoms with Gasteiger partial charge in [-0.15, -0.1) is 0 Å². The number of anilines is 1. The van der Waals surface area contributed by atoms with E-state index in [4.69, 9.17) is 0 Å². The normalized spacial score (nSPS) is 12.1. The zero-order chi connectivity index (χ0) is 12.5. The summed E-state index contributed by atoms with van der Waals surface area (Å²) in [6.07, 6.45) is 7.10. The fraction of sp³-hybridized carbons (Fsp3) is 0.533.